The van der Waals surface area contributed by atoms with Crippen LogP contribution in [0.3, 0.4) is 0 Å². The summed E-state index contributed by atoms with van der Waals surface area (Å²) in [5.74, 6) is 0.499. The molecular formula is C21H24FNO3. The number of carbonyl (C=O) groups is 1. The molecule has 2 atom stereocenters. The second-order valence-electron chi connectivity index (χ2n) is 6.64. The van der Waals surface area contributed by atoms with Crippen molar-refractivity contribution >= 4 is 5.91 Å². The molecule has 5 heteroatoms. The summed E-state index contributed by atoms with van der Waals surface area (Å²) in [6.45, 7) is 1.22. The van der Waals surface area contributed by atoms with Gasteiger partial charge in [-0.2, -0.15) is 0 Å². The van der Waals surface area contributed by atoms with Crippen LogP contribution in [0.15, 0.2) is 48.5 Å². The molecule has 1 heterocycles. The maximum Gasteiger partial charge on any atom is 0.253 e. The highest BCUT2D eigenvalue weighted by atomic mass is 19.1. The van der Waals surface area contributed by atoms with Crippen molar-refractivity contribution in [1.29, 1.82) is 0 Å². The number of nitrogens with zero attached hydrogens (tertiary/aromatic N) is 1. The van der Waals surface area contributed by atoms with Gasteiger partial charge in [0.25, 0.3) is 5.91 Å². The average molecular weight is 357 g/mol. The predicted molar refractivity (Wildman–Crippen MR) is 97.9 cm³/mol. The second kappa shape index (κ2) is 8.32. The Bertz CT molecular complexity index is 747. The van der Waals surface area contributed by atoms with Gasteiger partial charge in [0.1, 0.15) is 11.6 Å². The molecule has 0 bridgehead atoms. The molecule has 4 nitrogen and oxygen atoms in total. The van der Waals surface area contributed by atoms with Crippen LogP contribution in [0.2, 0.25) is 0 Å². The second-order valence-corrected chi connectivity index (χ2v) is 6.64. The molecule has 0 radical (unpaired) electrons. The van der Waals surface area contributed by atoms with Crippen LogP contribution >= 0.6 is 0 Å². The van der Waals surface area contributed by atoms with Crippen LogP contribution in [-0.4, -0.2) is 44.2 Å². The summed E-state index contributed by atoms with van der Waals surface area (Å²) < 4.78 is 24.3. The topological polar surface area (TPSA) is 38.8 Å². The Kier molecular flexibility index (Phi) is 5.89. The Hall–Kier alpha value is -2.40. The van der Waals surface area contributed by atoms with Crippen LogP contribution in [0, 0.1) is 11.7 Å². The summed E-state index contributed by atoms with van der Waals surface area (Å²) in [5.41, 5.74) is 1.57. The molecule has 1 amide bonds. The number of amides is 1. The van der Waals surface area contributed by atoms with Gasteiger partial charge in [-0.25, -0.2) is 4.39 Å². The maximum atomic E-state index is 13.4. The molecule has 1 fully saturated rings. The van der Waals surface area contributed by atoms with Crippen LogP contribution in [0.5, 0.6) is 5.75 Å². The Morgan fingerprint density at radius 2 is 1.96 bits per heavy atom. The first-order valence-corrected chi connectivity index (χ1v) is 8.81. The highest BCUT2D eigenvalue weighted by Gasteiger charge is 2.32. The third-order valence-electron chi connectivity index (χ3n) is 4.98. The van der Waals surface area contributed by atoms with E-state index in [4.69, 9.17) is 9.47 Å². The lowest BCUT2D eigenvalue weighted by Gasteiger charge is -2.38. The summed E-state index contributed by atoms with van der Waals surface area (Å²) in [6.07, 6.45) is 1.70. The van der Waals surface area contributed by atoms with E-state index in [0.717, 1.165) is 18.6 Å². The highest BCUT2D eigenvalue weighted by Crippen LogP contribution is 2.26. The van der Waals surface area contributed by atoms with Crippen molar-refractivity contribution in [2.24, 2.45) is 5.92 Å². The van der Waals surface area contributed by atoms with Crippen LogP contribution in [0.25, 0.3) is 0 Å². The van der Waals surface area contributed by atoms with Gasteiger partial charge in [0.15, 0.2) is 0 Å². The van der Waals surface area contributed by atoms with Crippen molar-refractivity contribution < 1.29 is 18.7 Å². The van der Waals surface area contributed by atoms with Gasteiger partial charge in [-0.1, -0.05) is 18.2 Å². The standard InChI is InChI=1S/C21H24FNO3/c1-25-19-8-6-15(7-9-19)12-17-14-23(11-10-20(17)26-2)21(24)16-4-3-5-18(22)13-16/h3-9,13,17,20H,10-12,14H2,1-2H3/t17-,20+/m1/s1. The number of hydrogen-bond acceptors (Lipinski definition) is 3. The Labute approximate surface area is 153 Å². The van der Waals surface area contributed by atoms with E-state index in [9.17, 15) is 9.18 Å². The van der Waals surface area contributed by atoms with Gasteiger partial charge in [0.2, 0.25) is 0 Å². The van der Waals surface area contributed by atoms with Crippen molar-refractivity contribution in [3.63, 3.8) is 0 Å². The first-order valence-electron chi connectivity index (χ1n) is 8.81. The van der Waals surface area contributed by atoms with Gasteiger partial charge in [0.05, 0.1) is 13.2 Å². The quantitative estimate of drug-likeness (QED) is 0.821. The average Bonchev–Trinajstić information content (AvgIpc) is 2.68. The Morgan fingerprint density at radius 1 is 1.19 bits per heavy atom. The number of benzene rings is 2. The van der Waals surface area contributed by atoms with Gasteiger partial charge >= 0.3 is 0 Å². The molecule has 0 spiro atoms. The van der Waals surface area contributed by atoms with E-state index < -0.39 is 5.82 Å². The van der Waals surface area contributed by atoms with Gasteiger partial charge in [-0.05, 0) is 48.7 Å². The minimum atomic E-state index is -0.391. The zero-order chi connectivity index (χ0) is 18.5. The number of piperidine rings is 1. The van der Waals surface area contributed by atoms with E-state index in [1.54, 1.807) is 31.3 Å². The fourth-order valence-electron chi connectivity index (χ4n) is 3.57. The lowest BCUT2D eigenvalue weighted by Crippen LogP contribution is -2.47. The van der Waals surface area contributed by atoms with E-state index in [1.807, 2.05) is 24.3 Å². The summed E-state index contributed by atoms with van der Waals surface area (Å²) >= 11 is 0. The fraction of sp³-hybridized carbons (Fsp3) is 0.381. The molecule has 1 saturated heterocycles. The number of methoxy groups -OCH3 is 2. The van der Waals surface area contributed by atoms with E-state index >= 15 is 0 Å². The maximum absolute atomic E-state index is 13.4. The molecular weight excluding hydrogens is 333 g/mol. The molecule has 26 heavy (non-hydrogen) atoms. The smallest absolute Gasteiger partial charge is 0.253 e. The lowest BCUT2D eigenvalue weighted by atomic mass is 9.88. The zero-order valence-electron chi connectivity index (χ0n) is 15.2. The van der Waals surface area contributed by atoms with E-state index in [2.05, 4.69) is 0 Å². The third kappa shape index (κ3) is 4.22. The van der Waals surface area contributed by atoms with Crippen molar-refractivity contribution in [3.05, 3.63) is 65.5 Å². The van der Waals surface area contributed by atoms with Gasteiger partial charge < -0.3 is 14.4 Å². The molecule has 1 aliphatic heterocycles. The number of hydrogen-bond donors (Lipinski definition) is 0. The van der Waals surface area contributed by atoms with Crippen molar-refractivity contribution in [2.45, 2.75) is 18.9 Å². The first-order chi connectivity index (χ1) is 12.6. The third-order valence-corrected chi connectivity index (χ3v) is 4.98. The molecule has 3 rings (SSSR count). The number of likely N-dealkylation sites (tertiary alicyclic amines) is 1. The minimum absolute atomic E-state index is 0.105. The van der Waals surface area contributed by atoms with Gasteiger partial charge in [-0.3, -0.25) is 4.79 Å². The van der Waals surface area contributed by atoms with Crippen molar-refractivity contribution in [1.82, 2.24) is 4.90 Å². The molecule has 2 aromatic carbocycles. The van der Waals surface area contributed by atoms with Crippen LogP contribution in [0.1, 0.15) is 22.3 Å². The van der Waals surface area contributed by atoms with Crippen LogP contribution in [-0.2, 0) is 11.2 Å². The van der Waals surface area contributed by atoms with Crippen LogP contribution < -0.4 is 4.74 Å². The molecule has 0 unspecified atom stereocenters. The molecule has 1 aliphatic rings. The SMILES string of the molecule is COc1ccc(C[C@@H]2CN(C(=O)c3cccc(F)c3)CC[C@@H]2OC)cc1. The number of halogens is 1. The number of carbonyl (C=O) groups excluding carboxylic acids is 1. The number of rotatable bonds is 5. The monoisotopic (exact) mass is 357 g/mol. The van der Waals surface area contributed by atoms with E-state index in [1.165, 1.54) is 17.7 Å². The molecule has 138 valence electrons. The molecule has 0 aliphatic carbocycles. The van der Waals surface area contributed by atoms with E-state index in [0.29, 0.717) is 18.7 Å². The van der Waals surface area contributed by atoms with Crippen LogP contribution in [0.4, 0.5) is 4.39 Å². The summed E-state index contributed by atoms with van der Waals surface area (Å²) in [5, 5.41) is 0. The normalized spacial score (nSPS) is 20.0. The zero-order valence-corrected chi connectivity index (χ0v) is 15.2. The summed E-state index contributed by atoms with van der Waals surface area (Å²) in [7, 11) is 3.36. The van der Waals surface area contributed by atoms with Gasteiger partial charge in [0, 0.05) is 31.7 Å². The molecule has 0 aromatic heterocycles. The van der Waals surface area contributed by atoms with Gasteiger partial charge in [-0.15, -0.1) is 0 Å². The van der Waals surface area contributed by atoms with Crippen molar-refractivity contribution in [3.8, 4) is 5.75 Å². The summed E-state index contributed by atoms with van der Waals surface area (Å²) in [4.78, 5) is 14.5. The molecule has 0 N–H and O–H groups in total. The first kappa shape index (κ1) is 18.4. The lowest BCUT2D eigenvalue weighted by molar-refractivity contribution is -0.00300. The van der Waals surface area contributed by atoms with E-state index in [-0.39, 0.29) is 17.9 Å². The van der Waals surface area contributed by atoms with Crippen molar-refractivity contribution in [2.75, 3.05) is 27.3 Å². The Morgan fingerprint density at radius 3 is 2.62 bits per heavy atom. The fourth-order valence-corrected chi connectivity index (χ4v) is 3.57. The summed E-state index contributed by atoms with van der Waals surface area (Å²) in [6, 6.07) is 13.8. The minimum Gasteiger partial charge on any atom is -0.497 e. The predicted octanol–water partition coefficient (Wildman–Crippen LogP) is 3.55. The molecule has 0 saturated carbocycles. The largest absolute Gasteiger partial charge is 0.497 e. The Balaban J connectivity index is 1.72. The molecule has 2 aromatic rings. The highest BCUT2D eigenvalue weighted by molar-refractivity contribution is 5.94. The number of ether oxygens (including phenoxy) is 2.